The molecule has 0 spiro atoms. The minimum absolute atomic E-state index is 0.0923. The van der Waals surface area contributed by atoms with Crippen molar-refractivity contribution in [1.82, 2.24) is 5.32 Å². The number of hydrogen-bond donors (Lipinski definition) is 2. The van der Waals surface area contributed by atoms with Crippen molar-refractivity contribution in [2.24, 2.45) is 5.92 Å². The quantitative estimate of drug-likeness (QED) is 0.792. The monoisotopic (exact) mass is 289 g/mol. The highest BCUT2D eigenvalue weighted by molar-refractivity contribution is 5.91. The summed E-state index contributed by atoms with van der Waals surface area (Å²) in [5.41, 5.74) is 2.12. The van der Waals surface area contributed by atoms with Crippen LogP contribution in [0.4, 0.5) is 11.4 Å². The zero-order chi connectivity index (χ0) is 15.1. The van der Waals surface area contributed by atoms with Crippen LogP contribution in [-0.2, 0) is 4.79 Å². The maximum absolute atomic E-state index is 11.9. The third-order valence-electron chi connectivity index (χ3n) is 4.11. The first kappa shape index (κ1) is 15.8. The Bertz CT molecular complexity index is 453. The molecular formula is C17H27N3O. The lowest BCUT2D eigenvalue weighted by Gasteiger charge is -2.32. The molecule has 0 aromatic heterocycles. The average molecular weight is 289 g/mol. The summed E-state index contributed by atoms with van der Waals surface area (Å²) in [6.07, 6.45) is 3.93. The number of carbonyl (C=O) groups excluding carboxylic acids is 1. The van der Waals surface area contributed by atoms with E-state index in [1.165, 1.54) is 18.5 Å². The number of rotatable bonds is 6. The Balaban J connectivity index is 1.90. The van der Waals surface area contributed by atoms with Crippen LogP contribution in [0, 0.1) is 5.92 Å². The summed E-state index contributed by atoms with van der Waals surface area (Å²) in [6.45, 7) is 5.42. The molecular weight excluding hydrogens is 262 g/mol. The number of hydrogen-bond acceptors (Lipinski definition) is 3. The zero-order valence-corrected chi connectivity index (χ0v) is 13.2. The Kier molecular flexibility index (Phi) is 6.05. The van der Waals surface area contributed by atoms with Gasteiger partial charge >= 0.3 is 0 Å². The summed E-state index contributed by atoms with van der Waals surface area (Å²) in [5, 5.41) is 6.05. The molecule has 0 unspecified atom stereocenters. The van der Waals surface area contributed by atoms with Crippen LogP contribution in [0.15, 0.2) is 24.3 Å². The van der Waals surface area contributed by atoms with Gasteiger partial charge in [-0.2, -0.15) is 0 Å². The highest BCUT2D eigenvalue weighted by Gasteiger charge is 2.16. The summed E-state index contributed by atoms with van der Waals surface area (Å²) in [6, 6.07) is 8.21. The number of nitrogens with zero attached hydrogens (tertiary/aromatic N) is 1. The molecule has 1 aliphatic rings. The van der Waals surface area contributed by atoms with Crippen LogP contribution in [0.2, 0.25) is 0 Å². The van der Waals surface area contributed by atoms with Gasteiger partial charge in [-0.1, -0.05) is 13.0 Å². The van der Waals surface area contributed by atoms with E-state index in [1.54, 1.807) is 0 Å². The topological polar surface area (TPSA) is 44.4 Å². The van der Waals surface area contributed by atoms with Crippen LogP contribution >= 0.6 is 0 Å². The fourth-order valence-corrected chi connectivity index (χ4v) is 2.70. The molecule has 4 nitrogen and oxygen atoms in total. The van der Waals surface area contributed by atoms with E-state index in [2.05, 4.69) is 34.6 Å². The van der Waals surface area contributed by atoms with Crippen LogP contribution in [0.1, 0.15) is 32.6 Å². The largest absolute Gasteiger partial charge is 0.371 e. The Hall–Kier alpha value is -1.55. The van der Waals surface area contributed by atoms with Gasteiger partial charge in [0.15, 0.2) is 0 Å². The predicted molar refractivity (Wildman–Crippen MR) is 88.8 cm³/mol. The fourth-order valence-electron chi connectivity index (χ4n) is 2.70. The molecule has 0 radical (unpaired) electrons. The molecule has 2 rings (SSSR count). The third-order valence-corrected chi connectivity index (χ3v) is 4.11. The normalized spacial score (nSPS) is 16.0. The lowest BCUT2D eigenvalue weighted by molar-refractivity contribution is -0.116. The van der Waals surface area contributed by atoms with Gasteiger partial charge in [0.05, 0.1) is 0 Å². The smallest absolute Gasteiger partial charge is 0.224 e. The molecule has 1 aliphatic heterocycles. The second-order valence-corrected chi connectivity index (χ2v) is 5.98. The first-order valence-electron chi connectivity index (χ1n) is 7.98. The summed E-state index contributed by atoms with van der Waals surface area (Å²) >= 11 is 0. The maximum atomic E-state index is 11.9. The first-order valence-corrected chi connectivity index (χ1v) is 7.98. The van der Waals surface area contributed by atoms with E-state index < -0.39 is 0 Å². The SMILES string of the molecule is CNCCCC(=O)Nc1cccc(N2CCC(C)CC2)c1. The van der Waals surface area contributed by atoms with Crippen LogP contribution in [0.5, 0.6) is 0 Å². The molecule has 1 heterocycles. The third kappa shape index (κ3) is 5.05. The van der Waals surface area contributed by atoms with E-state index in [1.807, 2.05) is 19.2 Å². The summed E-state index contributed by atoms with van der Waals surface area (Å²) in [5.74, 6) is 0.922. The van der Waals surface area contributed by atoms with E-state index >= 15 is 0 Å². The van der Waals surface area contributed by atoms with E-state index in [9.17, 15) is 4.79 Å². The predicted octanol–water partition coefficient (Wildman–Crippen LogP) is 2.86. The lowest BCUT2D eigenvalue weighted by atomic mass is 9.99. The van der Waals surface area contributed by atoms with Gasteiger partial charge in [-0.15, -0.1) is 0 Å². The molecule has 0 atom stereocenters. The number of anilines is 2. The van der Waals surface area contributed by atoms with Crippen molar-refractivity contribution in [3.05, 3.63) is 24.3 Å². The van der Waals surface area contributed by atoms with Gasteiger partial charge in [-0.05, 0) is 57.0 Å². The molecule has 1 fully saturated rings. The van der Waals surface area contributed by atoms with Gasteiger partial charge in [0.1, 0.15) is 0 Å². The molecule has 21 heavy (non-hydrogen) atoms. The standard InChI is InChI=1S/C17H27N3O/c1-14-8-11-20(12-9-14)16-6-3-5-15(13-16)19-17(21)7-4-10-18-2/h3,5-6,13-14,18H,4,7-12H2,1-2H3,(H,19,21). The number of benzene rings is 1. The Labute approximate surface area is 127 Å². The highest BCUT2D eigenvalue weighted by atomic mass is 16.1. The number of nitrogens with one attached hydrogen (secondary N) is 2. The number of carbonyl (C=O) groups is 1. The van der Waals surface area contributed by atoms with Gasteiger partial charge in [0.25, 0.3) is 0 Å². The molecule has 4 heteroatoms. The van der Waals surface area contributed by atoms with E-state index in [-0.39, 0.29) is 5.91 Å². The molecule has 1 aromatic rings. The highest BCUT2D eigenvalue weighted by Crippen LogP contribution is 2.25. The molecule has 2 N–H and O–H groups in total. The lowest BCUT2D eigenvalue weighted by Crippen LogP contribution is -2.32. The molecule has 1 aromatic carbocycles. The first-order chi connectivity index (χ1) is 10.2. The second kappa shape index (κ2) is 8.03. The van der Waals surface area contributed by atoms with E-state index in [0.717, 1.165) is 37.7 Å². The van der Waals surface area contributed by atoms with Gasteiger partial charge in [0.2, 0.25) is 5.91 Å². The summed E-state index contributed by atoms with van der Waals surface area (Å²) < 4.78 is 0. The zero-order valence-electron chi connectivity index (χ0n) is 13.2. The van der Waals surface area contributed by atoms with Crippen molar-refractivity contribution in [1.29, 1.82) is 0 Å². The van der Waals surface area contributed by atoms with Crippen LogP contribution in [-0.4, -0.2) is 32.6 Å². The van der Waals surface area contributed by atoms with Crippen molar-refractivity contribution in [3.8, 4) is 0 Å². The van der Waals surface area contributed by atoms with Crippen molar-refractivity contribution >= 4 is 17.3 Å². The van der Waals surface area contributed by atoms with Crippen LogP contribution in [0.3, 0.4) is 0 Å². The van der Waals surface area contributed by atoms with Gasteiger partial charge in [-0.25, -0.2) is 0 Å². The Morgan fingerprint density at radius 2 is 2.10 bits per heavy atom. The van der Waals surface area contributed by atoms with Crippen molar-refractivity contribution in [3.63, 3.8) is 0 Å². The van der Waals surface area contributed by atoms with Crippen molar-refractivity contribution in [2.75, 3.05) is 36.9 Å². The fraction of sp³-hybridized carbons (Fsp3) is 0.588. The number of amides is 1. The number of piperidine rings is 1. The van der Waals surface area contributed by atoms with E-state index in [0.29, 0.717) is 6.42 Å². The van der Waals surface area contributed by atoms with Gasteiger partial charge in [-0.3, -0.25) is 4.79 Å². The second-order valence-electron chi connectivity index (χ2n) is 5.98. The minimum atomic E-state index is 0.0923. The molecule has 1 saturated heterocycles. The maximum Gasteiger partial charge on any atom is 0.224 e. The van der Waals surface area contributed by atoms with Gasteiger partial charge in [0, 0.05) is 30.9 Å². The summed E-state index contributed by atoms with van der Waals surface area (Å²) in [7, 11) is 1.90. The molecule has 1 amide bonds. The molecule has 116 valence electrons. The van der Waals surface area contributed by atoms with Gasteiger partial charge < -0.3 is 15.5 Å². The van der Waals surface area contributed by atoms with E-state index in [4.69, 9.17) is 0 Å². The average Bonchev–Trinajstić information content (AvgIpc) is 2.48. The van der Waals surface area contributed by atoms with Crippen LogP contribution < -0.4 is 15.5 Å². The Morgan fingerprint density at radius 1 is 1.33 bits per heavy atom. The minimum Gasteiger partial charge on any atom is -0.371 e. The van der Waals surface area contributed by atoms with Crippen molar-refractivity contribution < 1.29 is 4.79 Å². The molecule has 0 saturated carbocycles. The summed E-state index contributed by atoms with van der Waals surface area (Å²) in [4.78, 5) is 14.3. The molecule has 0 bridgehead atoms. The van der Waals surface area contributed by atoms with Crippen LogP contribution in [0.25, 0.3) is 0 Å². The Morgan fingerprint density at radius 3 is 2.81 bits per heavy atom. The van der Waals surface area contributed by atoms with Crippen molar-refractivity contribution in [2.45, 2.75) is 32.6 Å². The molecule has 0 aliphatic carbocycles.